The lowest BCUT2D eigenvalue weighted by atomic mass is 9.96. The van der Waals surface area contributed by atoms with E-state index in [0.717, 1.165) is 41.2 Å². The highest BCUT2D eigenvalue weighted by Crippen LogP contribution is 2.39. The minimum atomic E-state index is -4.59. The van der Waals surface area contributed by atoms with Crippen molar-refractivity contribution in [3.05, 3.63) is 76.9 Å². The zero-order valence-electron chi connectivity index (χ0n) is 21.6. The van der Waals surface area contributed by atoms with Crippen molar-refractivity contribution in [1.29, 1.82) is 0 Å². The van der Waals surface area contributed by atoms with Gasteiger partial charge >= 0.3 is 12.1 Å². The zero-order valence-corrected chi connectivity index (χ0v) is 21.6. The zero-order chi connectivity index (χ0) is 27.6. The molecule has 9 heteroatoms. The summed E-state index contributed by atoms with van der Waals surface area (Å²) in [6.07, 6.45) is -2.39. The van der Waals surface area contributed by atoms with Gasteiger partial charge in [0, 0.05) is 6.54 Å². The maximum absolute atomic E-state index is 13.8. The lowest BCUT2D eigenvalue weighted by Gasteiger charge is -2.33. The van der Waals surface area contributed by atoms with Gasteiger partial charge in [0.25, 0.3) is 0 Å². The van der Waals surface area contributed by atoms with Gasteiger partial charge in [0.05, 0.1) is 5.56 Å². The monoisotopic (exact) mass is 541 g/mol. The third-order valence-electron chi connectivity index (χ3n) is 7.32. The van der Waals surface area contributed by atoms with Crippen LogP contribution in [0.3, 0.4) is 0 Å². The number of carboxylic acids is 1. The Morgan fingerprint density at radius 3 is 2.62 bits per heavy atom. The number of fused-ring (bicyclic) bond motifs is 1. The molecule has 2 aliphatic rings. The first-order valence-corrected chi connectivity index (χ1v) is 13.0. The van der Waals surface area contributed by atoms with Crippen LogP contribution < -0.4 is 14.2 Å². The van der Waals surface area contributed by atoms with Crippen molar-refractivity contribution < 1.29 is 37.3 Å². The Kier molecular flexibility index (Phi) is 7.70. The molecule has 0 unspecified atom stereocenters. The van der Waals surface area contributed by atoms with Crippen LogP contribution >= 0.6 is 0 Å². The highest BCUT2D eigenvalue weighted by atomic mass is 19.4. The SMILES string of the molecule is Cc1c(COc2cc(CN3CCCC[C@H]3C(=O)O)ccc2C(F)(F)F)cccc1-c1ccc2c(c1)OCCO2. The molecule has 2 heterocycles. The number of halogens is 3. The van der Waals surface area contributed by atoms with Gasteiger partial charge in [-0.05, 0) is 78.4 Å². The van der Waals surface area contributed by atoms with Gasteiger partial charge in [-0.1, -0.05) is 36.8 Å². The van der Waals surface area contributed by atoms with Gasteiger partial charge in [-0.2, -0.15) is 13.2 Å². The fourth-order valence-corrected chi connectivity index (χ4v) is 5.23. The van der Waals surface area contributed by atoms with Gasteiger partial charge in [-0.15, -0.1) is 0 Å². The van der Waals surface area contributed by atoms with Crippen molar-refractivity contribution in [2.45, 2.75) is 51.6 Å². The highest BCUT2D eigenvalue weighted by Gasteiger charge is 2.35. The lowest BCUT2D eigenvalue weighted by molar-refractivity contribution is -0.144. The number of alkyl halides is 3. The maximum Gasteiger partial charge on any atom is 0.419 e. The molecule has 1 atom stereocenters. The summed E-state index contributed by atoms with van der Waals surface area (Å²) in [5.41, 5.74) is 3.18. The Labute approximate surface area is 224 Å². The van der Waals surface area contributed by atoms with Gasteiger partial charge in [-0.3, -0.25) is 9.69 Å². The fourth-order valence-electron chi connectivity index (χ4n) is 5.23. The molecule has 0 aromatic heterocycles. The van der Waals surface area contributed by atoms with Crippen molar-refractivity contribution in [3.8, 4) is 28.4 Å². The number of nitrogens with zero attached hydrogens (tertiary/aromatic N) is 1. The molecule has 3 aromatic rings. The molecule has 0 radical (unpaired) electrons. The number of hydrogen-bond acceptors (Lipinski definition) is 5. The van der Waals surface area contributed by atoms with E-state index in [0.29, 0.717) is 43.2 Å². The standard InChI is InChI=1S/C30H30F3NO5/c1-19-22(5-4-6-23(19)21-9-11-26-28(16-21)38-14-13-37-26)18-39-27-15-20(8-10-24(27)30(31,32)33)17-34-12-3-2-7-25(34)29(35)36/h4-6,8-11,15-16,25H,2-3,7,12-14,17-18H2,1H3,(H,35,36)/t25-/m0/s1. The van der Waals surface area contributed by atoms with Crippen LogP contribution in [0.25, 0.3) is 11.1 Å². The maximum atomic E-state index is 13.8. The second-order valence-electron chi connectivity index (χ2n) is 9.89. The topological polar surface area (TPSA) is 68.2 Å². The molecule has 1 saturated heterocycles. The summed E-state index contributed by atoms with van der Waals surface area (Å²) in [4.78, 5) is 13.5. The van der Waals surface area contributed by atoms with E-state index in [9.17, 15) is 23.1 Å². The fraction of sp³-hybridized carbons (Fsp3) is 0.367. The summed E-state index contributed by atoms with van der Waals surface area (Å²) in [6, 6.07) is 14.5. The molecule has 0 saturated carbocycles. The predicted octanol–water partition coefficient (Wildman–Crippen LogP) is 6.47. The summed E-state index contributed by atoms with van der Waals surface area (Å²) in [5.74, 6) is 0.158. The largest absolute Gasteiger partial charge is 0.488 e. The molecular formula is C30H30F3NO5. The van der Waals surface area contributed by atoms with Crippen molar-refractivity contribution >= 4 is 5.97 Å². The van der Waals surface area contributed by atoms with Crippen LogP contribution in [0.5, 0.6) is 17.2 Å². The van der Waals surface area contributed by atoms with E-state index in [4.69, 9.17) is 14.2 Å². The van der Waals surface area contributed by atoms with Crippen LogP contribution in [-0.2, 0) is 24.1 Å². The van der Waals surface area contributed by atoms with E-state index in [1.54, 1.807) is 4.90 Å². The first-order valence-electron chi connectivity index (χ1n) is 13.0. The highest BCUT2D eigenvalue weighted by molar-refractivity contribution is 5.73. The number of benzene rings is 3. The first kappa shape index (κ1) is 26.9. The molecule has 3 aromatic carbocycles. The minimum Gasteiger partial charge on any atom is -0.488 e. The molecule has 39 heavy (non-hydrogen) atoms. The lowest BCUT2D eigenvalue weighted by Crippen LogP contribution is -2.44. The van der Waals surface area contributed by atoms with E-state index >= 15 is 0 Å². The van der Waals surface area contributed by atoms with Gasteiger partial charge in [0.15, 0.2) is 11.5 Å². The first-order chi connectivity index (χ1) is 18.7. The van der Waals surface area contributed by atoms with Gasteiger partial charge in [-0.25, -0.2) is 0 Å². The number of carboxylic acid groups (broad SMARTS) is 1. The van der Waals surface area contributed by atoms with Crippen LogP contribution in [0.1, 0.15) is 41.5 Å². The molecule has 0 amide bonds. The molecule has 206 valence electrons. The quantitative estimate of drug-likeness (QED) is 0.370. The second-order valence-corrected chi connectivity index (χ2v) is 9.89. The van der Waals surface area contributed by atoms with Crippen molar-refractivity contribution in [3.63, 3.8) is 0 Å². The third-order valence-corrected chi connectivity index (χ3v) is 7.32. The summed E-state index contributed by atoms with van der Waals surface area (Å²) in [6.45, 7) is 3.65. The normalized spacial score (nSPS) is 17.6. The van der Waals surface area contributed by atoms with Crippen LogP contribution in [0.2, 0.25) is 0 Å². The molecule has 0 spiro atoms. The number of ether oxygens (including phenoxy) is 3. The van der Waals surface area contributed by atoms with E-state index in [2.05, 4.69) is 0 Å². The van der Waals surface area contributed by atoms with Gasteiger partial charge in [0.2, 0.25) is 0 Å². The number of aliphatic carboxylic acids is 1. The average Bonchev–Trinajstić information content (AvgIpc) is 2.92. The molecule has 5 rings (SSSR count). The van der Waals surface area contributed by atoms with Crippen molar-refractivity contribution in [2.75, 3.05) is 19.8 Å². The average molecular weight is 542 g/mol. The molecule has 6 nitrogen and oxygen atoms in total. The summed E-state index contributed by atoms with van der Waals surface area (Å²) < 4.78 is 58.7. The Morgan fingerprint density at radius 1 is 1.05 bits per heavy atom. The van der Waals surface area contributed by atoms with Crippen molar-refractivity contribution in [2.24, 2.45) is 0 Å². The van der Waals surface area contributed by atoms with E-state index in [1.807, 2.05) is 43.3 Å². The van der Waals surface area contributed by atoms with Crippen LogP contribution in [0.15, 0.2) is 54.6 Å². The van der Waals surface area contributed by atoms with Crippen LogP contribution in [-0.4, -0.2) is 41.8 Å². The Bertz CT molecular complexity index is 1360. The number of rotatable bonds is 7. The summed E-state index contributed by atoms with van der Waals surface area (Å²) >= 11 is 0. The van der Waals surface area contributed by atoms with Crippen molar-refractivity contribution in [1.82, 2.24) is 4.90 Å². The van der Waals surface area contributed by atoms with Crippen LogP contribution in [0, 0.1) is 6.92 Å². The second kappa shape index (κ2) is 11.2. The van der Waals surface area contributed by atoms with Crippen LogP contribution in [0.4, 0.5) is 13.2 Å². The Hall–Kier alpha value is -3.72. The molecule has 1 N–H and O–H groups in total. The smallest absolute Gasteiger partial charge is 0.419 e. The molecule has 0 bridgehead atoms. The van der Waals surface area contributed by atoms with E-state index < -0.39 is 23.8 Å². The number of hydrogen-bond donors (Lipinski definition) is 1. The predicted molar refractivity (Wildman–Crippen MR) is 139 cm³/mol. The molecular weight excluding hydrogens is 511 g/mol. The Morgan fingerprint density at radius 2 is 1.85 bits per heavy atom. The van der Waals surface area contributed by atoms with Gasteiger partial charge < -0.3 is 19.3 Å². The number of piperidine rings is 1. The molecule has 2 aliphatic heterocycles. The number of carbonyl (C=O) groups is 1. The Balaban J connectivity index is 1.39. The number of likely N-dealkylation sites (tertiary alicyclic amines) is 1. The third kappa shape index (κ3) is 5.98. The van der Waals surface area contributed by atoms with E-state index in [-0.39, 0.29) is 18.9 Å². The minimum absolute atomic E-state index is 0.0573. The van der Waals surface area contributed by atoms with E-state index in [1.165, 1.54) is 12.1 Å². The summed E-state index contributed by atoms with van der Waals surface area (Å²) in [7, 11) is 0. The molecule has 1 fully saturated rings. The molecule has 0 aliphatic carbocycles. The summed E-state index contributed by atoms with van der Waals surface area (Å²) in [5, 5.41) is 9.56. The van der Waals surface area contributed by atoms with Gasteiger partial charge in [0.1, 0.15) is 31.6 Å².